The molecule has 0 bridgehead atoms. The lowest BCUT2D eigenvalue weighted by Gasteiger charge is -2.11. The average Bonchev–Trinajstić information content (AvgIpc) is 2.73. The van der Waals surface area contributed by atoms with Crippen molar-refractivity contribution in [2.45, 2.75) is 6.92 Å². The minimum absolute atomic E-state index is 0.0237. The first-order valence-electron chi connectivity index (χ1n) is 8.91. The molecule has 0 aliphatic carbocycles. The molecule has 0 unspecified atom stereocenters. The van der Waals surface area contributed by atoms with Gasteiger partial charge in [0.1, 0.15) is 6.61 Å². The number of aromatic amines is 1. The second kappa shape index (κ2) is 9.16. The molecular formula is C22H17ClN2O5. The molecule has 0 radical (unpaired) electrons. The van der Waals surface area contributed by atoms with Gasteiger partial charge in [-0.25, -0.2) is 9.78 Å². The largest absolute Gasteiger partial charge is 0.490 e. The van der Waals surface area contributed by atoms with Crippen LogP contribution in [0.4, 0.5) is 0 Å². The molecule has 0 aliphatic heterocycles. The van der Waals surface area contributed by atoms with Gasteiger partial charge in [-0.05, 0) is 48.9 Å². The van der Waals surface area contributed by atoms with Crippen LogP contribution in [0.5, 0.6) is 11.5 Å². The number of carboxylic acids is 1. The highest BCUT2D eigenvalue weighted by Gasteiger charge is 2.11. The molecular weight excluding hydrogens is 408 g/mol. The lowest BCUT2D eigenvalue weighted by Crippen LogP contribution is -2.11. The maximum Gasteiger partial charge on any atom is 0.335 e. The number of carbonyl (C=O) groups is 1. The van der Waals surface area contributed by atoms with Crippen molar-refractivity contribution in [1.82, 2.24) is 9.97 Å². The Labute approximate surface area is 176 Å². The van der Waals surface area contributed by atoms with Crippen LogP contribution in [0.1, 0.15) is 28.7 Å². The fourth-order valence-electron chi connectivity index (χ4n) is 2.72. The van der Waals surface area contributed by atoms with Crippen LogP contribution in [0.25, 0.3) is 22.0 Å². The first kappa shape index (κ1) is 21.0. The zero-order valence-electron chi connectivity index (χ0n) is 15.9. The molecule has 1 aromatic heterocycles. The van der Waals surface area contributed by atoms with Gasteiger partial charge in [0, 0.05) is 0 Å². The molecule has 2 aromatic carbocycles. The van der Waals surface area contributed by atoms with Crippen molar-refractivity contribution < 1.29 is 19.4 Å². The number of carboxylic acid groups (broad SMARTS) is 1. The number of ether oxygens (including phenoxy) is 2. The lowest BCUT2D eigenvalue weighted by atomic mass is 10.1. The van der Waals surface area contributed by atoms with Gasteiger partial charge in [0.25, 0.3) is 5.56 Å². The monoisotopic (exact) mass is 424 g/mol. The van der Waals surface area contributed by atoms with E-state index in [1.54, 1.807) is 24.3 Å². The molecule has 7 nitrogen and oxygen atoms in total. The van der Waals surface area contributed by atoms with Crippen LogP contribution >= 0.6 is 11.6 Å². The van der Waals surface area contributed by atoms with Gasteiger partial charge in [0.15, 0.2) is 17.3 Å². The van der Waals surface area contributed by atoms with E-state index in [9.17, 15) is 9.59 Å². The molecule has 0 atom stereocenters. The molecule has 3 rings (SSSR count). The van der Waals surface area contributed by atoms with Crippen LogP contribution in [0.2, 0.25) is 0 Å². The number of aromatic nitrogens is 2. The molecule has 152 valence electrons. The van der Waals surface area contributed by atoms with Crippen molar-refractivity contribution in [3.8, 4) is 23.8 Å². The third-order valence-electron chi connectivity index (χ3n) is 4.05. The number of halogens is 1. The first-order chi connectivity index (χ1) is 14.4. The maximum atomic E-state index is 12.3. The third kappa shape index (κ3) is 4.62. The zero-order chi connectivity index (χ0) is 21.7. The second-order valence-corrected chi connectivity index (χ2v) is 6.48. The third-order valence-corrected chi connectivity index (χ3v) is 4.34. The number of nitrogens with zero attached hydrogens (tertiary/aromatic N) is 1. The van der Waals surface area contributed by atoms with E-state index in [4.69, 9.17) is 32.6 Å². The molecule has 2 N–H and O–H groups in total. The van der Waals surface area contributed by atoms with Crippen molar-refractivity contribution in [3.05, 3.63) is 63.7 Å². The highest BCUT2D eigenvalue weighted by molar-refractivity contribution is 6.50. The minimum Gasteiger partial charge on any atom is -0.490 e. The van der Waals surface area contributed by atoms with E-state index in [0.717, 1.165) is 0 Å². The summed E-state index contributed by atoms with van der Waals surface area (Å²) >= 11 is 6.38. The standard InChI is InChI=1S/C22H17ClN2O5/c1-3-9-30-18-8-5-13(11-19(18)29-4-2)10-16(23)20-24-17-12-14(22(27)28)6-7-15(17)21(26)25-20/h1,5-8,10-12H,4,9H2,2H3,(H,27,28)(H,24,25,26)/b16-10-. The average molecular weight is 425 g/mol. The van der Waals surface area contributed by atoms with E-state index in [1.165, 1.54) is 18.2 Å². The highest BCUT2D eigenvalue weighted by Crippen LogP contribution is 2.30. The van der Waals surface area contributed by atoms with Crippen LogP contribution in [-0.4, -0.2) is 34.3 Å². The number of terminal acetylenes is 1. The Kier molecular flexibility index (Phi) is 6.40. The molecule has 0 saturated heterocycles. The van der Waals surface area contributed by atoms with Gasteiger partial charge in [-0.15, -0.1) is 6.42 Å². The molecule has 0 fully saturated rings. The van der Waals surface area contributed by atoms with Crippen molar-refractivity contribution in [2.24, 2.45) is 0 Å². The van der Waals surface area contributed by atoms with Crippen molar-refractivity contribution >= 4 is 39.6 Å². The first-order valence-corrected chi connectivity index (χ1v) is 9.28. The van der Waals surface area contributed by atoms with Gasteiger partial charge < -0.3 is 19.6 Å². The van der Waals surface area contributed by atoms with Gasteiger partial charge in [0.2, 0.25) is 0 Å². The van der Waals surface area contributed by atoms with Crippen LogP contribution in [0.15, 0.2) is 41.2 Å². The zero-order valence-corrected chi connectivity index (χ0v) is 16.7. The smallest absolute Gasteiger partial charge is 0.335 e. The predicted molar refractivity (Wildman–Crippen MR) is 115 cm³/mol. The molecule has 0 aliphatic rings. The Bertz CT molecular complexity index is 1240. The Hall–Kier alpha value is -3.76. The highest BCUT2D eigenvalue weighted by atomic mass is 35.5. The Morgan fingerprint density at radius 3 is 2.77 bits per heavy atom. The fraction of sp³-hybridized carbons (Fsp3) is 0.136. The predicted octanol–water partition coefficient (Wildman–Crippen LogP) is 3.77. The number of benzene rings is 2. The van der Waals surface area contributed by atoms with Crippen LogP contribution in [-0.2, 0) is 0 Å². The number of rotatable bonds is 7. The van der Waals surface area contributed by atoms with Crippen molar-refractivity contribution in [2.75, 3.05) is 13.2 Å². The fourth-order valence-corrected chi connectivity index (χ4v) is 2.94. The normalized spacial score (nSPS) is 11.2. The number of nitrogens with one attached hydrogen (secondary N) is 1. The van der Waals surface area contributed by atoms with Gasteiger partial charge >= 0.3 is 5.97 Å². The van der Waals surface area contributed by atoms with E-state index >= 15 is 0 Å². The number of aromatic carboxylic acids is 1. The van der Waals surface area contributed by atoms with E-state index in [0.29, 0.717) is 23.7 Å². The van der Waals surface area contributed by atoms with Gasteiger partial charge in [-0.3, -0.25) is 4.79 Å². The number of hydrogen-bond acceptors (Lipinski definition) is 5. The van der Waals surface area contributed by atoms with Crippen LogP contribution < -0.4 is 15.0 Å². The topological polar surface area (TPSA) is 102 Å². The summed E-state index contributed by atoms with van der Waals surface area (Å²) in [6, 6.07) is 9.25. The summed E-state index contributed by atoms with van der Waals surface area (Å²) in [5, 5.41) is 9.58. The summed E-state index contributed by atoms with van der Waals surface area (Å²) in [5.74, 6) is 2.39. The van der Waals surface area contributed by atoms with Gasteiger partial charge in [-0.2, -0.15) is 0 Å². The van der Waals surface area contributed by atoms with Gasteiger partial charge in [-0.1, -0.05) is 23.6 Å². The summed E-state index contributed by atoms with van der Waals surface area (Å²) in [7, 11) is 0. The number of fused-ring (bicyclic) bond motifs is 1. The summed E-state index contributed by atoms with van der Waals surface area (Å²) < 4.78 is 11.0. The molecule has 0 spiro atoms. The van der Waals surface area contributed by atoms with E-state index in [-0.39, 0.29) is 33.9 Å². The molecule has 0 amide bonds. The molecule has 3 aromatic rings. The summed E-state index contributed by atoms with van der Waals surface area (Å²) in [5.41, 5.74) is 0.508. The van der Waals surface area contributed by atoms with Crippen molar-refractivity contribution in [1.29, 1.82) is 0 Å². The van der Waals surface area contributed by atoms with Crippen molar-refractivity contribution in [3.63, 3.8) is 0 Å². The van der Waals surface area contributed by atoms with Gasteiger partial charge in [0.05, 0.1) is 28.1 Å². The van der Waals surface area contributed by atoms with E-state index in [1.807, 2.05) is 6.92 Å². The van der Waals surface area contributed by atoms with E-state index < -0.39 is 11.5 Å². The molecule has 0 saturated carbocycles. The Balaban J connectivity index is 2.01. The quantitative estimate of drug-likeness (QED) is 0.560. The lowest BCUT2D eigenvalue weighted by molar-refractivity contribution is 0.0697. The minimum atomic E-state index is -1.11. The number of hydrogen-bond donors (Lipinski definition) is 2. The van der Waals surface area contributed by atoms with Crippen LogP contribution in [0.3, 0.4) is 0 Å². The SMILES string of the molecule is C#CCOc1ccc(/C=C(\Cl)c2nc3cc(C(=O)O)ccc3c(=O)[nH]2)cc1OCC. The van der Waals surface area contributed by atoms with Crippen LogP contribution in [0, 0.1) is 12.3 Å². The van der Waals surface area contributed by atoms with E-state index in [2.05, 4.69) is 15.9 Å². The molecule has 8 heteroatoms. The Morgan fingerprint density at radius 1 is 1.27 bits per heavy atom. The summed E-state index contributed by atoms with van der Waals surface area (Å²) in [6.07, 6.45) is 6.82. The second-order valence-electron chi connectivity index (χ2n) is 6.08. The maximum absolute atomic E-state index is 12.3. The molecule has 1 heterocycles. The summed E-state index contributed by atoms with van der Waals surface area (Å²) in [4.78, 5) is 30.4. The number of H-pyrrole nitrogens is 1. The Morgan fingerprint density at radius 2 is 2.07 bits per heavy atom. The summed E-state index contributed by atoms with van der Waals surface area (Å²) in [6.45, 7) is 2.38. The molecule has 30 heavy (non-hydrogen) atoms.